The minimum atomic E-state index is -0.319. The largest absolute Gasteiger partial charge is 0.368 e. The molecular formula is C12H9FN6. The van der Waals surface area contributed by atoms with Crippen molar-refractivity contribution in [2.24, 2.45) is 0 Å². The zero-order chi connectivity index (χ0) is 13.2. The fraction of sp³-hybridized carbons (Fsp3) is 0. The van der Waals surface area contributed by atoms with Crippen LogP contribution in [0.5, 0.6) is 0 Å². The summed E-state index contributed by atoms with van der Waals surface area (Å²) in [6, 6.07) is 5.85. The highest BCUT2D eigenvalue weighted by Gasteiger charge is 2.08. The Kier molecular flexibility index (Phi) is 2.64. The maximum Gasteiger partial charge on any atom is 0.240 e. The highest BCUT2D eigenvalue weighted by atomic mass is 19.1. The SMILES string of the molecule is Nc1nc(-c2ccc(F)cc2)nc(-n2ccnc2)n1. The zero-order valence-corrected chi connectivity index (χ0v) is 9.73. The van der Waals surface area contributed by atoms with Gasteiger partial charge in [-0.2, -0.15) is 15.0 Å². The normalized spacial score (nSPS) is 10.6. The summed E-state index contributed by atoms with van der Waals surface area (Å²) in [6.45, 7) is 0. The summed E-state index contributed by atoms with van der Waals surface area (Å²) in [7, 11) is 0. The van der Waals surface area contributed by atoms with Crippen LogP contribution in [0.1, 0.15) is 0 Å². The third kappa shape index (κ3) is 2.25. The van der Waals surface area contributed by atoms with Crippen molar-refractivity contribution in [3.8, 4) is 17.3 Å². The van der Waals surface area contributed by atoms with E-state index in [4.69, 9.17) is 5.73 Å². The van der Waals surface area contributed by atoms with E-state index < -0.39 is 0 Å². The number of hydrogen-bond acceptors (Lipinski definition) is 5. The van der Waals surface area contributed by atoms with Gasteiger partial charge in [-0.1, -0.05) is 0 Å². The molecule has 3 rings (SSSR count). The number of imidazole rings is 1. The van der Waals surface area contributed by atoms with Gasteiger partial charge in [0.2, 0.25) is 11.9 Å². The van der Waals surface area contributed by atoms with Crippen molar-refractivity contribution in [2.75, 3.05) is 5.73 Å². The number of hydrogen-bond donors (Lipinski definition) is 1. The van der Waals surface area contributed by atoms with Gasteiger partial charge in [0.1, 0.15) is 12.1 Å². The molecule has 0 atom stereocenters. The van der Waals surface area contributed by atoms with Crippen LogP contribution < -0.4 is 5.73 Å². The summed E-state index contributed by atoms with van der Waals surface area (Å²) in [5, 5.41) is 0. The standard InChI is InChI=1S/C12H9FN6/c13-9-3-1-8(2-4-9)10-16-11(14)18-12(17-10)19-6-5-15-7-19/h1-7H,(H2,14,16,17,18). The first-order valence-electron chi connectivity index (χ1n) is 5.48. The van der Waals surface area contributed by atoms with Crippen LogP contribution in [-0.4, -0.2) is 24.5 Å². The van der Waals surface area contributed by atoms with Crippen LogP contribution in [0.15, 0.2) is 43.0 Å². The van der Waals surface area contributed by atoms with E-state index in [2.05, 4.69) is 19.9 Å². The number of rotatable bonds is 2. The van der Waals surface area contributed by atoms with Gasteiger partial charge in [-0.15, -0.1) is 0 Å². The topological polar surface area (TPSA) is 82.5 Å². The average Bonchev–Trinajstić information content (AvgIpc) is 2.93. The minimum Gasteiger partial charge on any atom is -0.368 e. The summed E-state index contributed by atoms with van der Waals surface area (Å²) in [6.07, 6.45) is 4.87. The van der Waals surface area contributed by atoms with Gasteiger partial charge in [0.25, 0.3) is 0 Å². The van der Waals surface area contributed by atoms with Crippen molar-refractivity contribution in [3.63, 3.8) is 0 Å². The lowest BCUT2D eigenvalue weighted by Gasteiger charge is -2.05. The smallest absolute Gasteiger partial charge is 0.240 e. The zero-order valence-electron chi connectivity index (χ0n) is 9.73. The first kappa shape index (κ1) is 11.3. The third-order valence-corrected chi connectivity index (χ3v) is 2.48. The Morgan fingerprint density at radius 2 is 1.84 bits per heavy atom. The summed E-state index contributed by atoms with van der Waals surface area (Å²) in [4.78, 5) is 16.3. The molecule has 0 fully saturated rings. The van der Waals surface area contributed by atoms with Gasteiger partial charge >= 0.3 is 0 Å². The van der Waals surface area contributed by atoms with E-state index in [1.165, 1.54) is 12.1 Å². The Morgan fingerprint density at radius 1 is 1.05 bits per heavy atom. The van der Waals surface area contributed by atoms with E-state index in [1.54, 1.807) is 35.4 Å². The van der Waals surface area contributed by atoms with Gasteiger partial charge < -0.3 is 5.73 Å². The number of nitrogens with zero attached hydrogens (tertiary/aromatic N) is 5. The molecule has 2 N–H and O–H groups in total. The second-order valence-electron chi connectivity index (χ2n) is 3.79. The predicted molar refractivity (Wildman–Crippen MR) is 66.8 cm³/mol. The minimum absolute atomic E-state index is 0.0954. The first-order chi connectivity index (χ1) is 9.22. The van der Waals surface area contributed by atoms with Crippen molar-refractivity contribution in [1.82, 2.24) is 24.5 Å². The second-order valence-corrected chi connectivity index (χ2v) is 3.79. The van der Waals surface area contributed by atoms with Gasteiger partial charge in [0, 0.05) is 18.0 Å². The van der Waals surface area contributed by atoms with Crippen molar-refractivity contribution in [2.45, 2.75) is 0 Å². The van der Waals surface area contributed by atoms with Gasteiger partial charge in [-0.05, 0) is 24.3 Å². The maximum absolute atomic E-state index is 12.9. The lowest BCUT2D eigenvalue weighted by Crippen LogP contribution is -2.06. The van der Waals surface area contributed by atoms with E-state index in [9.17, 15) is 4.39 Å². The lowest BCUT2D eigenvalue weighted by atomic mass is 10.2. The molecule has 94 valence electrons. The van der Waals surface area contributed by atoms with E-state index >= 15 is 0 Å². The molecule has 19 heavy (non-hydrogen) atoms. The van der Waals surface area contributed by atoms with Gasteiger partial charge in [-0.3, -0.25) is 4.57 Å². The third-order valence-electron chi connectivity index (χ3n) is 2.48. The number of anilines is 1. The number of halogens is 1. The van der Waals surface area contributed by atoms with E-state index in [0.29, 0.717) is 17.3 Å². The lowest BCUT2D eigenvalue weighted by molar-refractivity contribution is 0.628. The van der Waals surface area contributed by atoms with Crippen molar-refractivity contribution in [3.05, 3.63) is 48.8 Å². The molecule has 0 amide bonds. The highest BCUT2D eigenvalue weighted by molar-refractivity contribution is 5.56. The van der Waals surface area contributed by atoms with Crippen LogP contribution in [-0.2, 0) is 0 Å². The molecule has 0 saturated heterocycles. The van der Waals surface area contributed by atoms with Crippen LogP contribution in [0.2, 0.25) is 0 Å². The summed E-state index contributed by atoms with van der Waals surface area (Å²) in [5.41, 5.74) is 6.33. The predicted octanol–water partition coefficient (Wildman–Crippen LogP) is 1.45. The highest BCUT2D eigenvalue weighted by Crippen LogP contribution is 2.17. The molecule has 7 heteroatoms. The molecule has 0 bridgehead atoms. The summed E-state index contributed by atoms with van der Waals surface area (Å²) >= 11 is 0. The van der Waals surface area contributed by atoms with E-state index in [0.717, 1.165) is 0 Å². The molecule has 1 aromatic carbocycles. The van der Waals surface area contributed by atoms with Gasteiger partial charge in [0.05, 0.1) is 0 Å². The second kappa shape index (κ2) is 4.45. The monoisotopic (exact) mass is 256 g/mol. The van der Waals surface area contributed by atoms with E-state index in [1.807, 2.05) is 0 Å². The fourth-order valence-corrected chi connectivity index (χ4v) is 1.60. The Balaban J connectivity index is 2.10. The Labute approximate surface area is 107 Å². The van der Waals surface area contributed by atoms with Crippen molar-refractivity contribution in [1.29, 1.82) is 0 Å². The molecule has 2 heterocycles. The fourth-order valence-electron chi connectivity index (χ4n) is 1.60. The molecule has 6 nitrogen and oxygen atoms in total. The maximum atomic E-state index is 12.9. The van der Waals surface area contributed by atoms with Crippen molar-refractivity contribution >= 4 is 5.95 Å². The molecule has 0 aliphatic heterocycles. The number of aromatic nitrogens is 5. The molecule has 0 radical (unpaired) electrons. The quantitative estimate of drug-likeness (QED) is 0.750. The molecular weight excluding hydrogens is 247 g/mol. The molecule has 0 unspecified atom stereocenters. The Bertz CT molecular complexity index is 693. The van der Waals surface area contributed by atoms with E-state index in [-0.39, 0.29) is 11.8 Å². The van der Waals surface area contributed by atoms with Crippen LogP contribution in [0.4, 0.5) is 10.3 Å². The van der Waals surface area contributed by atoms with Crippen LogP contribution >= 0.6 is 0 Å². The molecule has 3 aromatic rings. The van der Waals surface area contributed by atoms with Gasteiger partial charge in [0.15, 0.2) is 5.82 Å². The van der Waals surface area contributed by atoms with Gasteiger partial charge in [-0.25, -0.2) is 9.37 Å². The average molecular weight is 256 g/mol. The summed E-state index contributed by atoms with van der Waals surface area (Å²) < 4.78 is 14.5. The Morgan fingerprint density at radius 3 is 2.53 bits per heavy atom. The van der Waals surface area contributed by atoms with Crippen LogP contribution in [0.3, 0.4) is 0 Å². The molecule has 0 aliphatic rings. The van der Waals surface area contributed by atoms with Crippen LogP contribution in [0, 0.1) is 5.82 Å². The molecule has 2 aromatic heterocycles. The van der Waals surface area contributed by atoms with Crippen LogP contribution in [0.25, 0.3) is 17.3 Å². The van der Waals surface area contributed by atoms with Crippen molar-refractivity contribution < 1.29 is 4.39 Å². The Hall–Kier alpha value is -2.83. The molecule has 0 saturated carbocycles. The number of nitrogen functional groups attached to an aromatic ring is 1. The number of nitrogens with two attached hydrogens (primary N) is 1. The summed E-state index contributed by atoms with van der Waals surface area (Å²) in [5.74, 6) is 0.527. The molecule has 0 aliphatic carbocycles. The number of benzene rings is 1. The molecule has 0 spiro atoms. The first-order valence-corrected chi connectivity index (χ1v) is 5.48.